The lowest BCUT2D eigenvalue weighted by Gasteiger charge is -2.30. The number of nitrogens with two attached hydrogens (primary N) is 1. The first-order valence-electron chi connectivity index (χ1n) is 7.31. The Bertz CT molecular complexity index is 206. The molecule has 0 atom stereocenters. The van der Waals surface area contributed by atoms with E-state index in [4.69, 9.17) is 10.8 Å². The number of aliphatic hydroxyl groups is 1. The average molecular weight is 258 g/mol. The molecule has 0 rings (SSSR count). The lowest BCUT2D eigenvalue weighted by molar-refractivity contribution is -0.134. The van der Waals surface area contributed by atoms with Gasteiger partial charge in [-0.25, -0.2) is 0 Å². The van der Waals surface area contributed by atoms with Crippen molar-refractivity contribution >= 4 is 5.91 Å². The molecule has 0 fully saturated rings. The molecule has 0 aliphatic rings. The van der Waals surface area contributed by atoms with Crippen molar-refractivity contribution in [3.63, 3.8) is 0 Å². The molecule has 0 aliphatic carbocycles. The number of rotatable bonds is 11. The molecule has 108 valence electrons. The van der Waals surface area contributed by atoms with E-state index in [1.54, 1.807) is 0 Å². The maximum atomic E-state index is 12.1. The van der Waals surface area contributed by atoms with Gasteiger partial charge in [-0.15, -0.1) is 0 Å². The largest absolute Gasteiger partial charge is 0.395 e. The minimum Gasteiger partial charge on any atom is -0.395 e. The second kappa shape index (κ2) is 11.5. The van der Waals surface area contributed by atoms with E-state index in [1.165, 1.54) is 0 Å². The number of carbonyl (C=O) groups is 1. The first kappa shape index (κ1) is 17.4. The summed E-state index contributed by atoms with van der Waals surface area (Å²) in [5, 5.41) is 9.06. The van der Waals surface area contributed by atoms with E-state index in [1.807, 2.05) is 4.90 Å². The Morgan fingerprint density at radius 1 is 1.17 bits per heavy atom. The van der Waals surface area contributed by atoms with Crippen LogP contribution in [0.25, 0.3) is 0 Å². The van der Waals surface area contributed by atoms with Gasteiger partial charge in [0.2, 0.25) is 5.91 Å². The highest BCUT2D eigenvalue weighted by Crippen LogP contribution is 2.12. The predicted octanol–water partition coefficient (Wildman–Crippen LogP) is 1.91. The third-order valence-electron chi connectivity index (χ3n) is 3.39. The SMILES string of the molecule is CCC(CC)N(CCO)C(=O)CCCCCCN. The first-order chi connectivity index (χ1) is 8.71. The van der Waals surface area contributed by atoms with Crippen LogP contribution in [-0.2, 0) is 4.79 Å². The monoisotopic (exact) mass is 258 g/mol. The van der Waals surface area contributed by atoms with E-state index >= 15 is 0 Å². The quantitative estimate of drug-likeness (QED) is 0.556. The Hall–Kier alpha value is -0.610. The summed E-state index contributed by atoms with van der Waals surface area (Å²) >= 11 is 0. The van der Waals surface area contributed by atoms with Gasteiger partial charge < -0.3 is 15.7 Å². The van der Waals surface area contributed by atoms with E-state index < -0.39 is 0 Å². The molecule has 0 radical (unpaired) electrons. The van der Waals surface area contributed by atoms with Crippen LogP contribution < -0.4 is 5.73 Å². The highest BCUT2D eigenvalue weighted by molar-refractivity contribution is 5.76. The van der Waals surface area contributed by atoms with E-state index in [9.17, 15) is 4.79 Å². The summed E-state index contributed by atoms with van der Waals surface area (Å²) in [6, 6.07) is 0.272. The summed E-state index contributed by atoms with van der Waals surface area (Å²) in [5.74, 6) is 0.186. The summed E-state index contributed by atoms with van der Waals surface area (Å²) in [6.07, 6.45) is 6.65. The van der Waals surface area contributed by atoms with Crippen LogP contribution in [0.15, 0.2) is 0 Å². The van der Waals surface area contributed by atoms with Gasteiger partial charge in [-0.3, -0.25) is 4.79 Å². The molecule has 0 unspecified atom stereocenters. The summed E-state index contributed by atoms with van der Waals surface area (Å²) in [5.41, 5.74) is 5.43. The van der Waals surface area contributed by atoms with Gasteiger partial charge in [0.25, 0.3) is 0 Å². The Labute approximate surface area is 112 Å². The molecule has 0 saturated carbocycles. The van der Waals surface area contributed by atoms with Crippen molar-refractivity contribution in [2.75, 3.05) is 19.7 Å². The average Bonchev–Trinajstić information content (AvgIpc) is 2.38. The lowest BCUT2D eigenvalue weighted by atomic mass is 10.1. The maximum Gasteiger partial charge on any atom is 0.222 e. The lowest BCUT2D eigenvalue weighted by Crippen LogP contribution is -2.41. The molecule has 4 heteroatoms. The molecule has 0 aliphatic heterocycles. The molecule has 0 saturated heterocycles. The van der Waals surface area contributed by atoms with Crippen molar-refractivity contribution in [1.82, 2.24) is 4.90 Å². The normalized spacial score (nSPS) is 10.9. The Morgan fingerprint density at radius 3 is 2.28 bits per heavy atom. The third kappa shape index (κ3) is 6.97. The zero-order valence-corrected chi connectivity index (χ0v) is 12.0. The molecule has 0 aromatic carbocycles. The second-order valence-corrected chi connectivity index (χ2v) is 4.73. The van der Waals surface area contributed by atoms with Crippen LogP contribution in [0.2, 0.25) is 0 Å². The van der Waals surface area contributed by atoms with E-state index in [2.05, 4.69) is 13.8 Å². The fourth-order valence-corrected chi connectivity index (χ4v) is 2.27. The highest BCUT2D eigenvalue weighted by Gasteiger charge is 2.19. The summed E-state index contributed by atoms with van der Waals surface area (Å²) < 4.78 is 0. The zero-order chi connectivity index (χ0) is 13.8. The van der Waals surface area contributed by atoms with Crippen molar-refractivity contribution < 1.29 is 9.90 Å². The molecule has 3 N–H and O–H groups in total. The van der Waals surface area contributed by atoms with Crippen molar-refractivity contribution in [2.24, 2.45) is 5.73 Å². The van der Waals surface area contributed by atoms with Gasteiger partial charge in [0.15, 0.2) is 0 Å². The van der Waals surface area contributed by atoms with Gasteiger partial charge in [-0.05, 0) is 32.2 Å². The minimum absolute atomic E-state index is 0.0510. The predicted molar refractivity (Wildman–Crippen MR) is 75.3 cm³/mol. The number of hydrogen-bond donors (Lipinski definition) is 2. The van der Waals surface area contributed by atoms with Crippen LogP contribution in [0.5, 0.6) is 0 Å². The van der Waals surface area contributed by atoms with Gasteiger partial charge in [0.05, 0.1) is 6.61 Å². The maximum absolute atomic E-state index is 12.1. The number of nitrogens with zero attached hydrogens (tertiary/aromatic N) is 1. The van der Waals surface area contributed by atoms with Crippen LogP contribution in [0.4, 0.5) is 0 Å². The van der Waals surface area contributed by atoms with E-state index in [0.717, 1.165) is 45.1 Å². The molecular formula is C14H30N2O2. The van der Waals surface area contributed by atoms with Crippen LogP contribution in [0.1, 0.15) is 58.8 Å². The Morgan fingerprint density at radius 2 is 1.78 bits per heavy atom. The Kier molecular flexibility index (Phi) is 11.1. The molecular weight excluding hydrogens is 228 g/mol. The first-order valence-corrected chi connectivity index (χ1v) is 7.31. The van der Waals surface area contributed by atoms with Gasteiger partial charge in [-0.2, -0.15) is 0 Å². The molecule has 1 amide bonds. The van der Waals surface area contributed by atoms with Gasteiger partial charge >= 0.3 is 0 Å². The van der Waals surface area contributed by atoms with Crippen molar-refractivity contribution in [1.29, 1.82) is 0 Å². The zero-order valence-electron chi connectivity index (χ0n) is 12.0. The van der Waals surface area contributed by atoms with Gasteiger partial charge in [-0.1, -0.05) is 26.7 Å². The summed E-state index contributed by atoms with van der Waals surface area (Å²) in [6.45, 7) is 5.43. The number of hydrogen-bond acceptors (Lipinski definition) is 3. The third-order valence-corrected chi connectivity index (χ3v) is 3.39. The number of aliphatic hydroxyl groups excluding tert-OH is 1. The second-order valence-electron chi connectivity index (χ2n) is 4.73. The molecule has 0 heterocycles. The fraction of sp³-hybridized carbons (Fsp3) is 0.929. The minimum atomic E-state index is 0.0510. The number of carbonyl (C=O) groups excluding carboxylic acids is 1. The summed E-state index contributed by atoms with van der Waals surface area (Å²) in [7, 11) is 0. The molecule has 18 heavy (non-hydrogen) atoms. The van der Waals surface area contributed by atoms with Gasteiger partial charge in [0.1, 0.15) is 0 Å². The van der Waals surface area contributed by atoms with Crippen LogP contribution in [-0.4, -0.2) is 41.7 Å². The molecule has 0 spiro atoms. The summed E-state index contributed by atoms with van der Waals surface area (Å²) in [4.78, 5) is 14.0. The molecule has 0 bridgehead atoms. The number of unbranched alkanes of at least 4 members (excludes halogenated alkanes) is 3. The van der Waals surface area contributed by atoms with Gasteiger partial charge in [0, 0.05) is 19.0 Å². The molecule has 4 nitrogen and oxygen atoms in total. The topological polar surface area (TPSA) is 66.6 Å². The van der Waals surface area contributed by atoms with E-state index in [-0.39, 0.29) is 18.6 Å². The van der Waals surface area contributed by atoms with Crippen molar-refractivity contribution in [2.45, 2.75) is 64.8 Å². The van der Waals surface area contributed by atoms with Crippen molar-refractivity contribution in [3.05, 3.63) is 0 Å². The Balaban J connectivity index is 4.05. The standard InChI is InChI=1S/C14H30N2O2/c1-3-13(4-2)16(11-12-17)14(18)9-7-5-6-8-10-15/h13,17H,3-12,15H2,1-2H3. The number of amides is 1. The van der Waals surface area contributed by atoms with Crippen LogP contribution >= 0.6 is 0 Å². The van der Waals surface area contributed by atoms with Crippen molar-refractivity contribution in [3.8, 4) is 0 Å². The smallest absolute Gasteiger partial charge is 0.222 e. The fourth-order valence-electron chi connectivity index (χ4n) is 2.27. The highest BCUT2D eigenvalue weighted by atomic mass is 16.3. The van der Waals surface area contributed by atoms with Crippen LogP contribution in [0, 0.1) is 0 Å². The molecule has 0 aromatic heterocycles. The molecule has 0 aromatic rings. The van der Waals surface area contributed by atoms with E-state index in [0.29, 0.717) is 13.0 Å². The van der Waals surface area contributed by atoms with Crippen LogP contribution in [0.3, 0.4) is 0 Å².